The summed E-state index contributed by atoms with van der Waals surface area (Å²) in [6, 6.07) is 4.53. The molecule has 16 heavy (non-hydrogen) atoms. The molecule has 2 bridgehead atoms. The minimum absolute atomic E-state index is 0.366. The lowest BCUT2D eigenvalue weighted by molar-refractivity contribution is 0.0870. The number of alkyl halides is 1. The molecule has 2 nitrogen and oxygen atoms in total. The number of piperidine rings is 1. The number of aryl methyl sites for hydroxylation is 1. The Balaban J connectivity index is 1.90. The summed E-state index contributed by atoms with van der Waals surface area (Å²) in [6.45, 7) is 1.93. The first-order valence-corrected chi connectivity index (χ1v) is 6.04. The van der Waals surface area contributed by atoms with Crippen molar-refractivity contribution in [3.63, 3.8) is 0 Å². The van der Waals surface area contributed by atoms with Crippen molar-refractivity contribution in [2.24, 2.45) is 0 Å². The minimum Gasteiger partial charge on any atom is -0.311 e. The molecule has 0 spiro atoms. The topological polar surface area (TPSA) is 24.9 Å². The van der Waals surface area contributed by atoms with E-state index in [9.17, 15) is 4.39 Å². The SMILES string of the molecule is Cc1ccc(C2(F)CC3CCC(C2)N3)cn1. The van der Waals surface area contributed by atoms with Gasteiger partial charge in [-0.05, 0) is 25.8 Å². The number of halogens is 1. The van der Waals surface area contributed by atoms with E-state index in [0.717, 1.165) is 24.1 Å². The maximum absolute atomic E-state index is 14.9. The third-order valence-corrected chi connectivity index (χ3v) is 3.90. The molecule has 2 aliphatic rings. The smallest absolute Gasteiger partial charge is 0.140 e. The second-order valence-electron chi connectivity index (χ2n) is 5.20. The van der Waals surface area contributed by atoms with Crippen molar-refractivity contribution in [1.82, 2.24) is 10.3 Å². The Labute approximate surface area is 95.3 Å². The lowest BCUT2D eigenvalue weighted by atomic mass is 9.84. The van der Waals surface area contributed by atoms with E-state index in [0.29, 0.717) is 24.9 Å². The maximum Gasteiger partial charge on any atom is 0.140 e. The molecule has 3 rings (SSSR count). The number of aromatic nitrogens is 1. The van der Waals surface area contributed by atoms with Gasteiger partial charge in [0.05, 0.1) is 0 Å². The van der Waals surface area contributed by atoms with Crippen LogP contribution in [0.25, 0.3) is 0 Å². The number of rotatable bonds is 1. The average molecular weight is 220 g/mol. The monoisotopic (exact) mass is 220 g/mol. The number of hydrogen-bond donors (Lipinski definition) is 1. The Hall–Kier alpha value is -0.960. The zero-order valence-electron chi connectivity index (χ0n) is 9.54. The van der Waals surface area contributed by atoms with Gasteiger partial charge in [0.1, 0.15) is 5.67 Å². The molecule has 2 saturated heterocycles. The van der Waals surface area contributed by atoms with Crippen LogP contribution in [0.2, 0.25) is 0 Å². The molecule has 0 radical (unpaired) electrons. The molecule has 0 amide bonds. The van der Waals surface area contributed by atoms with Crippen LogP contribution in [-0.2, 0) is 5.67 Å². The van der Waals surface area contributed by atoms with E-state index in [-0.39, 0.29) is 0 Å². The van der Waals surface area contributed by atoms with Crippen molar-refractivity contribution in [2.75, 3.05) is 0 Å². The quantitative estimate of drug-likeness (QED) is 0.786. The fraction of sp³-hybridized carbons (Fsp3) is 0.615. The lowest BCUT2D eigenvalue weighted by Crippen LogP contribution is -2.44. The minimum atomic E-state index is -1.15. The zero-order chi connectivity index (χ0) is 11.2. The molecule has 2 unspecified atom stereocenters. The largest absolute Gasteiger partial charge is 0.311 e. The molecular weight excluding hydrogens is 203 g/mol. The predicted molar refractivity (Wildman–Crippen MR) is 60.9 cm³/mol. The molecule has 0 aliphatic carbocycles. The Morgan fingerprint density at radius 2 is 2.00 bits per heavy atom. The van der Waals surface area contributed by atoms with Crippen molar-refractivity contribution in [1.29, 1.82) is 0 Å². The molecule has 1 aromatic rings. The fourth-order valence-corrected chi connectivity index (χ4v) is 3.06. The molecule has 3 heterocycles. The molecule has 86 valence electrons. The van der Waals surface area contributed by atoms with Crippen LogP contribution >= 0.6 is 0 Å². The van der Waals surface area contributed by atoms with Gasteiger partial charge < -0.3 is 5.32 Å². The van der Waals surface area contributed by atoms with Crippen LogP contribution in [0.15, 0.2) is 18.3 Å². The van der Waals surface area contributed by atoms with Crippen LogP contribution in [0.4, 0.5) is 4.39 Å². The molecule has 2 aliphatic heterocycles. The Bertz CT molecular complexity index is 375. The molecule has 2 atom stereocenters. The van der Waals surface area contributed by atoms with E-state index >= 15 is 0 Å². The second-order valence-corrected chi connectivity index (χ2v) is 5.20. The van der Waals surface area contributed by atoms with Crippen LogP contribution in [0.5, 0.6) is 0 Å². The number of nitrogens with zero attached hydrogens (tertiary/aromatic N) is 1. The highest BCUT2D eigenvalue weighted by Gasteiger charge is 2.45. The van der Waals surface area contributed by atoms with Crippen molar-refractivity contribution in [3.8, 4) is 0 Å². The van der Waals surface area contributed by atoms with Gasteiger partial charge in [0.15, 0.2) is 0 Å². The molecule has 1 aromatic heterocycles. The molecule has 2 fully saturated rings. The first-order valence-electron chi connectivity index (χ1n) is 6.04. The molecule has 0 saturated carbocycles. The number of pyridine rings is 1. The van der Waals surface area contributed by atoms with Gasteiger partial charge >= 0.3 is 0 Å². The van der Waals surface area contributed by atoms with Crippen LogP contribution in [0.1, 0.15) is 36.9 Å². The van der Waals surface area contributed by atoms with E-state index in [4.69, 9.17) is 0 Å². The lowest BCUT2D eigenvalue weighted by Gasteiger charge is -2.35. The normalized spacial score (nSPS) is 37.6. The van der Waals surface area contributed by atoms with Crippen LogP contribution in [0.3, 0.4) is 0 Å². The first-order chi connectivity index (χ1) is 7.66. The molecular formula is C13H17FN2. The maximum atomic E-state index is 14.9. The molecule has 3 heteroatoms. The Morgan fingerprint density at radius 3 is 2.56 bits per heavy atom. The highest BCUT2D eigenvalue weighted by atomic mass is 19.1. The van der Waals surface area contributed by atoms with Crippen molar-refractivity contribution < 1.29 is 4.39 Å². The number of hydrogen-bond acceptors (Lipinski definition) is 2. The fourth-order valence-electron chi connectivity index (χ4n) is 3.06. The van der Waals surface area contributed by atoms with Crippen LogP contribution in [-0.4, -0.2) is 17.1 Å². The summed E-state index contributed by atoms with van der Waals surface area (Å²) in [7, 11) is 0. The van der Waals surface area contributed by atoms with E-state index in [1.165, 1.54) is 0 Å². The Morgan fingerprint density at radius 1 is 1.31 bits per heavy atom. The van der Waals surface area contributed by atoms with Gasteiger partial charge in [-0.2, -0.15) is 0 Å². The summed E-state index contributed by atoms with van der Waals surface area (Å²) in [5.41, 5.74) is 0.554. The van der Waals surface area contributed by atoms with Crippen molar-refractivity contribution in [3.05, 3.63) is 29.6 Å². The zero-order valence-corrected chi connectivity index (χ0v) is 9.54. The van der Waals surface area contributed by atoms with Gasteiger partial charge in [-0.15, -0.1) is 0 Å². The highest BCUT2D eigenvalue weighted by Crippen LogP contribution is 2.43. The first kappa shape index (κ1) is 10.2. The number of nitrogens with one attached hydrogen (secondary N) is 1. The molecule has 1 N–H and O–H groups in total. The van der Waals surface area contributed by atoms with Gasteiger partial charge in [0.25, 0.3) is 0 Å². The standard InChI is InChI=1S/C13H17FN2/c1-9-2-3-10(8-15-9)13(14)6-11-4-5-12(7-13)16-11/h2-3,8,11-12,16H,4-7H2,1H3. The Kier molecular flexibility index (Phi) is 2.25. The highest BCUT2D eigenvalue weighted by molar-refractivity contribution is 5.23. The summed E-state index contributed by atoms with van der Waals surface area (Å²) in [4.78, 5) is 4.21. The second kappa shape index (κ2) is 3.52. The van der Waals surface area contributed by atoms with Crippen LogP contribution < -0.4 is 5.32 Å². The average Bonchev–Trinajstić information content (AvgIpc) is 2.59. The summed E-state index contributed by atoms with van der Waals surface area (Å²) >= 11 is 0. The third kappa shape index (κ3) is 1.63. The van der Waals surface area contributed by atoms with Gasteiger partial charge in [-0.25, -0.2) is 4.39 Å². The van der Waals surface area contributed by atoms with Gasteiger partial charge in [-0.3, -0.25) is 4.98 Å². The van der Waals surface area contributed by atoms with E-state index in [2.05, 4.69) is 10.3 Å². The van der Waals surface area contributed by atoms with Crippen molar-refractivity contribution >= 4 is 0 Å². The van der Waals surface area contributed by atoms with E-state index in [1.807, 2.05) is 19.1 Å². The summed E-state index contributed by atoms with van der Waals surface area (Å²) in [5.74, 6) is 0. The molecule has 0 aromatic carbocycles. The van der Waals surface area contributed by atoms with Gasteiger partial charge in [-0.1, -0.05) is 6.07 Å². The number of fused-ring (bicyclic) bond motifs is 2. The van der Waals surface area contributed by atoms with E-state index in [1.54, 1.807) is 6.20 Å². The summed E-state index contributed by atoms with van der Waals surface area (Å²) in [6.07, 6.45) is 5.16. The van der Waals surface area contributed by atoms with Crippen molar-refractivity contribution in [2.45, 2.75) is 50.4 Å². The van der Waals surface area contributed by atoms with Gasteiger partial charge in [0, 0.05) is 42.4 Å². The third-order valence-electron chi connectivity index (χ3n) is 3.90. The van der Waals surface area contributed by atoms with E-state index < -0.39 is 5.67 Å². The van der Waals surface area contributed by atoms with Crippen LogP contribution in [0, 0.1) is 6.92 Å². The summed E-state index contributed by atoms with van der Waals surface area (Å²) in [5, 5.41) is 3.47. The summed E-state index contributed by atoms with van der Waals surface area (Å²) < 4.78 is 14.9. The van der Waals surface area contributed by atoms with Gasteiger partial charge in [0.2, 0.25) is 0 Å². The predicted octanol–water partition coefficient (Wildman–Crippen LogP) is 2.47.